The third kappa shape index (κ3) is 4.70. The summed E-state index contributed by atoms with van der Waals surface area (Å²) in [4.78, 5) is 12.6. The molecule has 0 saturated heterocycles. The molecule has 0 aliphatic carbocycles. The Kier molecular flexibility index (Phi) is 6.18. The molecule has 3 aromatic carbocycles. The van der Waals surface area contributed by atoms with E-state index < -0.39 is 0 Å². The number of aromatic nitrogens is 3. The van der Waals surface area contributed by atoms with E-state index in [0.29, 0.717) is 5.16 Å². The first-order valence-electron chi connectivity index (χ1n) is 10.1. The Hall–Kier alpha value is -3.38. The zero-order chi connectivity index (χ0) is 21.8. The molecule has 0 bridgehead atoms. The van der Waals surface area contributed by atoms with Gasteiger partial charge in [-0.3, -0.25) is 9.36 Å². The number of nitrogens with one attached hydrogen (secondary N) is 1. The van der Waals surface area contributed by atoms with Crippen LogP contribution in [0.4, 0.5) is 5.69 Å². The zero-order valence-electron chi connectivity index (χ0n) is 17.8. The maximum atomic E-state index is 12.6. The second-order valence-corrected chi connectivity index (χ2v) is 8.37. The minimum absolute atomic E-state index is 0.0756. The van der Waals surface area contributed by atoms with Crippen molar-refractivity contribution in [1.29, 1.82) is 0 Å². The lowest BCUT2D eigenvalue weighted by atomic mass is 10.1. The van der Waals surface area contributed by atoms with Crippen LogP contribution in [0.3, 0.4) is 0 Å². The van der Waals surface area contributed by atoms with Gasteiger partial charge in [0.05, 0.1) is 5.75 Å². The Labute approximate surface area is 186 Å². The van der Waals surface area contributed by atoms with Crippen molar-refractivity contribution in [2.75, 3.05) is 11.1 Å². The van der Waals surface area contributed by atoms with E-state index in [9.17, 15) is 4.79 Å². The molecule has 0 fully saturated rings. The molecule has 0 unspecified atom stereocenters. The van der Waals surface area contributed by atoms with Crippen molar-refractivity contribution in [1.82, 2.24) is 14.8 Å². The van der Waals surface area contributed by atoms with Gasteiger partial charge in [0.1, 0.15) is 0 Å². The highest BCUT2D eigenvalue weighted by Crippen LogP contribution is 2.29. The molecule has 0 aliphatic rings. The third-order valence-electron chi connectivity index (χ3n) is 5.16. The number of amides is 1. The number of hydrogen-bond donors (Lipinski definition) is 1. The highest BCUT2D eigenvalue weighted by Gasteiger charge is 2.18. The van der Waals surface area contributed by atoms with Crippen molar-refractivity contribution in [3.8, 4) is 17.1 Å². The summed E-state index contributed by atoms with van der Waals surface area (Å²) < 4.78 is 2.01. The summed E-state index contributed by atoms with van der Waals surface area (Å²) >= 11 is 1.38. The summed E-state index contributed by atoms with van der Waals surface area (Å²) in [6.07, 6.45) is 0. The highest BCUT2D eigenvalue weighted by atomic mass is 32.2. The lowest BCUT2D eigenvalue weighted by Crippen LogP contribution is -2.14. The number of carbonyl (C=O) groups excluding carboxylic acids is 1. The number of para-hydroxylation sites is 1. The van der Waals surface area contributed by atoms with Crippen molar-refractivity contribution in [3.05, 3.63) is 89.5 Å². The van der Waals surface area contributed by atoms with Crippen LogP contribution in [-0.4, -0.2) is 26.4 Å². The van der Waals surface area contributed by atoms with Gasteiger partial charge < -0.3 is 5.32 Å². The zero-order valence-corrected chi connectivity index (χ0v) is 18.6. The summed E-state index contributed by atoms with van der Waals surface area (Å²) in [6, 6.07) is 24.0. The topological polar surface area (TPSA) is 59.8 Å². The largest absolute Gasteiger partial charge is 0.325 e. The molecule has 6 heteroatoms. The average Bonchev–Trinajstić information content (AvgIpc) is 3.19. The molecule has 156 valence electrons. The smallest absolute Gasteiger partial charge is 0.234 e. The molecule has 0 spiro atoms. The van der Waals surface area contributed by atoms with Crippen molar-refractivity contribution in [2.24, 2.45) is 0 Å². The SMILES string of the molecule is Cc1ccc(NC(=O)CSc2nnc(-c3ccccc3C)n2-c2ccccc2)cc1C. The van der Waals surface area contributed by atoms with E-state index >= 15 is 0 Å². The summed E-state index contributed by atoms with van der Waals surface area (Å²) in [5.41, 5.74) is 6.26. The normalized spacial score (nSPS) is 10.8. The summed E-state index contributed by atoms with van der Waals surface area (Å²) in [5.74, 6) is 0.931. The van der Waals surface area contributed by atoms with Gasteiger partial charge in [0.25, 0.3) is 0 Å². The van der Waals surface area contributed by atoms with Crippen molar-refractivity contribution < 1.29 is 4.79 Å². The van der Waals surface area contributed by atoms with E-state index in [0.717, 1.165) is 33.9 Å². The van der Waals surface area contributed by atoms with Crippen LogP contribution in [0.15, 0.2) is 78.0 Å². The predicted octanol–water partition coefficient (Wildman–Crippen LogP) is 5.59. The number of rotatable bonds is 6. The van der Waals surface area contributed by atoms with Crippen LogP contribution in [0.2, 0.25) is 0 Å². The summed E-state index contributed by atoms with van der Waals surface area (Å²) in [5, 5.41) is 12.5. The molecule has 0 aliphatic heterocycles. The lowest BCUT2D eigenvalue weighted by molar-refractivity contribution is -0.113. The second-order valence-electron chi connectivity index (χ2n) is 7.43. The number of aryl methyl sites for hydroxylation is 3. The van der Waals surface area contributed by atoms with E-state index in [1.54, 1.807) is 0 Å². The number of thioether (sulfide) groups is 1. The van der Waals surface area contributed by atoms with Crippen LogP contribution in [0.5, 0.6) is 0 Å². The van der Waals surface area contributed by atoms with Gasteiger partial charge in [0.2, 0.25) is 5.91 Å². The fourth-order valence-corrected chi connectivity index (χ4v) is 4.07. The molecular weight excluding hydrogens is 404 g/mol. The fraction of sp³-hybridized carbons (Fsp3) is 0.160. The average molecular weight is 429 g/mol. The van der Waals surface area contributed by atoms with E-state index in [2.05, 4.69) is 35.4 Å². The van der Waals surface area contributed by atoms with Gasteiger partial charge in [-0.05, 0) is 61.7 Å². The standard InChI is InChI=1S/C25H24N4OS/c1-17-13-14-20(15-19(17)3)26-23(30)16-31-25-28-27-24(22-12-8-7-9-18(22)2)29(25)21-10-5-4-6-11-21/h4-15H,16H2,1-3H3,(H,26,30). The summed E-state index contributed by atoms with van der Waals surface area (Å²) in [6.45, 7) is 6.15. The Morgan fingerprint density at radius 2 is 1.61 bits per heavy atom. The van der Waals surface area contributed by atoms with Crippen LogP contribution >= 0.6 is 11.8 Å². The van der Waals surface area contributed by atoms with Crippen molar-refractivity contribution >= 4 is 23.4 Å². The molecule has 0 radical (unpaired) electrons. The van der Waals surface area contributed by atoms with Crippen molar-refractivity contribution in [2.45, 2.75) is 25.9 Å². The Morgan fingerprint density at radius 3 is 2.35 bits per heavy atom. The number of benzene rings is 3. The van der Waals surface area contributed by atoms with E-state index in [1.165, 1.54) is 17.3 Å². The second kappa shape index (κ2) is 9.18. The van der Waals surface area contributed by atoms with Gasteiger partial charge >= 0.3 is 0 Å². The van der Waals surface area contributed by atoms with Crippen LogP contribution in [0.25, 0.3) is 17.1 Å². The molecule has 1 N–H and O–H groups in total. The highest BCUT2D eigenvalue weighted by molar-refractivity contribution is 7.99. The molecule has 31 heavy (non-hydrogen) atoms. The maximum Gasteiger partial charge on any atom is 0.234 e. The lowest BCUT2D eigenvalue weighted by Gasteiger charge is -2.12. The molecular formula is C25H24N4OS. The first-order chi connectivity index (χ1) is 15.0. The van der Waals surface area contributed by atoms with Gasteiger partial charge in [-0.2, -0.15) is 0 Å². The third-order valence-corrected chi connectivity index (χ3v) is 6.09. The Bertz CT molecular complexity index is 1220. The van der Waals surface area contributed by atoms with E-state index in [1.807, 2.05) is 78.2 Å². The molecule has 1 amide bonds. The number of nitrogens with zero attached hydrogens (tertiary/aromatic N) is 3. The van der Waals surface area contributed by atoms with Crippen LogP contribution in [-0.2, 0) is 4.79 Å². The maximum absolute atomic E-state index is 12.6. The van der Waals surface area contributed by atoms with Gasteiger partial charge in [-0.15, -0.1) is 10.2 Å². The van der Waals surface area contributed by atoms with Gasteiger partial charge in [0, 0.05) is 16.9 Å². The quantitative estimate of drug-likeness (QED) is 0.407. The van der Waals surface area contributed by atoms with Crippen LogP contribution in [0.1, 0.15) is 16.7 Å². The number of hydrogen-bond acceptors (Lipinski definition) is 4. The predicted molar refractivity (Wildman–Crippen MR) is 127 cm³/mol. The van der Waals surface area contributed by atoms with Gasteiger partial charge in [-0.1, -0.05) is 60.3 Å². The monoisotopic (exact) mass is 428 g/mol. The molecule has 1 aromatic heterocycles. The molecule has 0 saturated carbocycles. The fourth-order valence-electron chi connectivity index (χ4n) is 3.32. The number of carbonyl (C=O) groups is 1. The van der Waals surface area contributed by atoms with E-state index in [4.69, 9.17) is 0 Å². The molecule has 0 atom stereocenters. The molecule has 5 nitrogen and oxygen atoms in total. The van der Waals surface area contributed by atoms with Crippen molar-refractivity contribution in [3.63, 3.8) is 0 Å². The molecule has 1 heterocycles. The van der Waals surface area contributed by atoms with Crippen LogP contribution in [0, 0.1) is 20.8 Å². The van der Waals surface area contributed by atoms with E-state index in [-0.39, 0.29) is 11.7 Å². The Morgan fingerprint density at radius 1 is 0.871 bits per heavy atom. The number of anilines is 1. The summed E-state index contributed by atoms with van der Waals surface area (Å²) in [7, 11) is 0. The Balaban J connectivity index is 1.59. The van der Waals surface area contributed by atoms with Gasteiger partial charge in [0.15, 0.2) is 11.0 Å². The first-order valence-corrected chi connectivity index (χ1v) is 11.1. The first kappa shape index (κ1) is 20.9. The minimum Gasteiger partial charge on any atom is -0.325 e. The van der Waals surface area contributed by atoms with Crippen LogP contribution < -0.4 is 5.32 Å². The molecule has 4 aromatic rings. The molecule has 4 rings (SSSR count). The minimum atomic E-state index is -0.0756. The van der Waals surface area contributed by atoms with Gasteiger partial charge in [-0.25, -0.2) is 0 Å².